The van der Waals surface area contributed by atoms with Crippen molar-refractivity contribution in [3.8, 4) is 5.75 Å². The maximum Gasteiger partial charge on any atom is 0.339 e. The topological polar surface area (TPSA) is 76.5 Å². The number of allylic oxidation sites excluding steroid dienone is 1. The van der Waals surface area contributed by atoms with E-state index >= 15 is 0 Å². The summed E-state index contributed by atoms with van der Waals surface area (Å²) in [6, 6.07) is 14.4. The molecule has 1 aliphatic rings. The maximum atomic E-state index is 12.8. The summed E-state index contributed by atoms with van der Waals surface area (Å²) < 4.78 is 5.23. The predicted molar refractivity (Wildman–Crippen MR) is 107 cm³/mol. The molecule has 5 heteroatoms. The van der Waals surface area contributed by atoms with Gasteiger partial charge in [-0.25, -0.2) is 9.78 Å². The van der Waals surface area contributed by atoms with Crippen molar-refractivity contribution >= 4 is 34.3 Å². The molecule has 0 saturated heterocycles. The number of nitrogens with zero attached hydrogens (tertiary/aromatic N) is 1. The molecule has 0 amide bonds. The van der Waals surface area contributed by atoms with E-state index < -0.39 is 5.97 Å². The molecule has 3 aromatic rings. The highest BCUT2D eigenvalue weighted by Gasteiger charge is 2.27. The van der Waals surface area contributed by atoms with Crippen molar-refractivity contribution in [1.29, 1.82) is 0 Å². The second kappa shape index (κ2) is 7.27. The molecule has 1 aromatic heterocycles. The van der Waals surface area contributed by atoms with Gasteiger partial charge in [0.15, 0.2) is 5.78 Å². The van der Waals surface area contributed by atoms with Crippen LogP contribution in [0, 0.1) is 0 Å². The standard InChI is InChI=1S/C23H19NO4/c1-14(25)13-28-23(27)21-18-4-2-3-5-20(18)24-22-16(8-11-19(21)22)12-15-6-9-17(26)10-7-15/h2-7,9-10,12,26H,8,11,13H2,1H3/b16-12+. The molecular formula is C23H19NO4. The average Bonchev–Trinajstić information content (AvgIpc) is 3.08. The van der Waals surface area contributed by atoms with E-state index in [1.165, 1.54) is 6.92 Å². The summed E-state index contributed by atoms with van der Waals surface area (Å²) in [6.45, 7) is 1.15. The third kappa shape index (κ3) is 3.39. The minimum Gasteiger partial charge on any atom is -0.508 e. The van der Waals surface area contributed by atoms with Gasteiger partial charge in [-0.15, -0.1) is 0 Å². The van der Waals surface area contributed by atoms with Crippen LogP contribution in [-0.4, -0.2) is 28.4 Å². The summed E-state index contributed by atoms with van der Waals surface area (Å²) in [5, 5.41) is 10.2. The van der Waals surface area contributed by atoms with Crippen LogP contribution < -0.4 is 0 Å². The Labute approximate surface area is 162 Å². The largest absolute Gasteiger partial charge is 0.508 e. The van der Waals surface area contributed by atoms with Gasteiger partial charge in [-0.3, -0.25) is 4.79 Å². The van der Waals surface area contributed by atoms with Crippen LogP contribution in [0.5, 0.6) is 5.75 Å². The molecule has 0 fully saturated rings. The van der Waals surface area contributed by atoms with Gasteiger partial charge >= 0.3 is 5.97 Å². The van der Waals surface area contributed by atoms with Gasteiger partial charge in [0, 0.05) is 5.39 Å². The van der Waals surface area contributed by atoms with Crippen molar-refractivity contribution < 1.29 is 19.4 Å². The predicted octanol–water partition coefficient (Wildman–Crippen LogP) is 4.17. The monoisotopic (exact) mass is 373 g/mol. The van der Waals surface area contributed by atoms with Gasteiger partial charge in [-0.05, 0) is 60.7 Å². The number of rotatable bonds is 4. The van der Waals surface area contributed by atoms with E-state index in [4.69, 9.17) is 9.72 Å². The zero-order valence-corrected chi connectivity index (χ0v) is 15.4. The fourth-order valence-corrected chi connectivity index (χ4v) is 3.52. The summed E-state index contributed by atoms with van der Waals surface area (Å²) in [4.78, 5) is 28.8. The minimum atomic E-state index is -0.490. The van der Waals surface area contributed by atoms with Gasteiger partial charge in [0.2, 0.25) is 0 Å². The Morgan fingerprint density at radius 2 is 1.86 bits per heavy atom. The number of hydrogen-bond donors (Lipinski definition) is 1. The number of ketones is 1. The van der Waals surface area contributed by atoms with Gasteiger partial charge in [0.25, 0.3) is 0 Å². The van der Waals surface area contributed by atoms with Crippen LogP contribution in [0.1, 0.15) is 40.5 Å². The smallest absolute Gasteiger partial charge is 0.339 e. The number of pyridine rings is 1. The number of carbonyl (C=O) groups excluding carboxylic acids is 2. The molecule has 0 radical (unpaired) electrons. The molecular weight excluding hydrogens is 354 g/mol. The number of phenolic OH excluding ortho intramolecular Hbond substituents is 1. The highest BCUT2D eigenvalue weighted by atomic mass is 16.5. The van der Waals surface area contributed by atoms with E-state index in [1.807, 2.05) is 42.5 Å². The molecule has 1 N–H and O–H groups in total. The Kier molecular flexibility index (Phi) is 4.65. The molecule has 28 heavy (non-hydrogen) atoms. The maximum absolute atomic E-state index is 12.8. The number of ether oxygens (including phenoxy) is 1. The number of Topliss-reactive ketones (excluding diaryl/α,β-unsaturated/α-hetero) is 1. The zero-order valence-electron chi connectivity index (χ0n) is 15.4. The zero-order chi connectivity index (χ0) is 19.7. The van der Waals surface area contributed by atoms with Crippen molar-refractivity contribution in [1.82, 2.24) is 4.98 Å². The number of aromatic nitrogens is 1. The number of fused-ring (bicyclic) bond motifs is 2. The van der Waals surface area contributed by atoms with E-state index in [2.05, 4.69) is 0 Å². The second-order valence-corrected chi connectivity index (χ2v) is 6.87. The highest BCUT2D eigenvalue weighted by molar-refractivity contribution is 6.07. The van der Waals surface area contributed by atoms with Crippen molar-refractivity contribution in [3.63, 3.8) is 0 Å². The first-order valence-electron chi connectivity index (χ1n) is 9.11. The molecule has 5 nitrogen and oxygen atoms in total. The van der Waals surface area contributed by atoms with Gasteiger partial charge in [-0.2, -0.15) is 0 Å². The molecule has 2 aromatic carbocycles. The fourth-order valence-electron chi connectivity index (χ4n) is 3.52. The molecule has 140 valence electrons. The van der Waals surface area contributed by atoms with E-state index in [0.29, 0.717) is 12.0 Å². The normalized spacial score (nSPS) is 14.2. The first kappa shape index (κ1) is 17.9. The van der Waals surface area contributed by atoms with Crippen LogP contribution in [0.4, 0.5) is 0 Å². The van der Waals surface area contributed by atoms with Gasteiger partial charge in [0.1, 0.15) is 12.4 Å². The number of phenols is 1. The van der Waals surface area contributed by atoms with Crippen LogP contribution in [0.3, 0.4) is 0 Å². The quantitative estimate of drug-likeness (QED) is 0.695. The molecule has 1 heterocycles. The van der Waals surface area contributed by atoms with Crippen molar-refractivity contribution in [3.05, 3.63) is 70.9 Å². The number of benzene rings is 2. The first-order valence-corrected chi connectivity index (χ1v) is 9.11. The van der Waals surface area contributed by atoms with Gasteiger partial charge in [0.05, 0.1) is 16.8 Å². The minimum absolute atomic E-state index is 0.198. The number of carbonyl (C=O) groups is 2. The molecule has 0 spiro atoms. The molecule has 1 aliphatic carbocycles. The Hall–Kier alpha value is -3.47. The lowest BCUT2D eigenvalue weighted by Gasteiger charge is -2.12. The Balaban J connectivity index is 1.83. The number of aromatic hydroxyl groups is 1. The van der Waals surface area contributed by atoms with E-state index in [9.17, 15) is 14.7 Å². The molecule has 4 rings (SSSR count). The fraction of sp³-hybridized carbons (Fsp3) is 0.174. The van der Waals surface area contributed by atoms with Gasteiger partial charge < -0.3 is 9.84 Å². The lowest BCUT2D eigenvalue weighted by Crippen LogP contribution is -2.14. The summed E-state index contributed by atoms with van der Waals surface area (Å²) in [5.74, 6) is -0.471. The Morgan fingerprint density at radius 3 is 2.61 bits per heavy atom. The number of esters is 1. The molecule has 0 bridgehead atoms. The Bertz CT molecular complexity index is 1110. The molecule has 0 unspecified atom stereocenters. The number of para-hydroxylation sites is 1. The summed E-state index contributed by atoms with van der Waals surface area (Å²) in [6.07, 6.45) is 3.46. The SMILES string of the molecule is CC(=O)COC(=O)c1c2c(nc3ccccc13)/C(=C/c1ccc(O)cc1)CC2. The summed E-state index contributed by atoms with van der Waals surface area (Å²) >= 11 is 0. The van der Waals surface area contributed by atoms with Crippen LogP contribution in [-0.2, 0) is 16.0 Å². The van der Waals surface area contributed by atoms with E-state index in [0.717, 1.165) is 39.7 Å². The second-order valence-electron chi connectivity index (χ2n) is 6.87. The lowest BCUT2D eigenvalue weighted by molar-refractivity contribution is -0.120. The highest BCUT2D eigenvalue weighted by Crippen LogP contribution is 2.37. The van der Waals surface area contributed by atoms with Crippen molar-refractivity contribution in [2.24, 2.45) is 0 Å². The summed E-state index contributed by atoms with van der Waals surface area (Å²) in [7, 11) is 0. The average molecular weight is 373 g/mol. The van der Waals surface area contributed by atoms with Crippen molar-refractivity contribution in [2.75, 3.05) is 6.61 Å². The van der Waals surface area contributed by atoms with Crippen LogP contribution in [0.25, 0.3) is 22.6 Å². The van der Waals surface area contributed by atoms with E-state index in [1.54, 1.807) is 12.1 Å². The van der Waals surface area contributed by atoms with Crippen LogP contribution >= 0.6 is 0 Å². The van der Waals surface area contributed by atoms with Gasteiger partial charge in [-0.1, -0.05) is 30.3 Å². The van der Waals surface area contributed by atoms with Crippen LogP contribution in [0.2, 0.25) is 0 Å². The van der Waals surface area contributed by atoms with Crippen LogP contribution in [0.15, 0.2) is 48.5 Å². The third-order valence-electron chi connectivity index (χ3n) is 4.79. The first-order chi connectivity index (χ1) is 13.5. The third-order valence-corrected chi connectivity index (χ3v) is 4.79. The summed E-state index contributed by atoms with van der Waals surface area (Å²) in [5.41, 5.74) is 4.85. The molecule has 0 atom stereocenters. The van der Waals surface area contributed by atoms with Crippen molar-refractivity contribution in [2.45, 2.75) is 19.8 Å². The molecule has 0 saturated carbocycles. The lowest BCUT2D eigenvalue weighted by atomic mass is 10.0. The number of hydrogen-bond acceptors (Lipinski definition) is 5. The molecule has 0 aliphatic heterocycles. The Morgan fingerprint density at radius 1 is 1.11 bits per heavy atom. The van der Waals surface area contributed by atoms with E-state index in [-0.39, 0.29) is 18.1 Å².